The number of amides is 3. The highest BCUT2D eigenvalue weighted by Crippen LogP contribution is 2.37. The molecule has 1 atom stereocenters. The molecule has 6 nitrogen and oxygen atoms in total. The zero-order valence-corrected chi connectivity index (χ0v) is 28.0. The van der Waals surface area contributed by atoms with Gasteiger partial charge in [-0.3, -0.25) is 14.4 Å². The molecule has 0 aliphatic rings. The van der Waals surface area contributed by atoms with Crippen molar-refractivity contribution in [2.75, 3.05) is 10.6 Å². The van der Waals surface area contributed by atoms with Crippen molar-refractivity contribution in [1.29, 1.82) is 0 Å². The van der Waals surface area contributed by atoms with Crippen LogP contribution >= 0.6 is 27.7 Å². The van der Waals surface area contributed by atoms with Crippen LogP contribution in [0.5, 0.6) is 0 Å². The number of aryl methyl sites for hydroxylation is 2. The first-order valence-corrected chi connectivity index (χ1v) is 16.4. The molecule has 5 aromatic rings. The molecule has 0 aromatic heterocycles. The maximum absolute atomic E-state index is 14.3. The molecule has 0 bridgehead atoms. The third-order valence-corrected chi connectivity index (χ3v) is 8.93. The molecule has 0 fully saturated rings. The average Bonchev–Trinajstić information content (AvgIpc) is 3.06. The summed E-state index contributed by atoms with van der Waals surface area (Å²) in [7, 11) is 0. The van der Waals surface area contributed by atoms with Gasteiger partial charge in [0.25, 0.3) is 11.8 Å². The van der Waals surface area contributed by atoms with Gasteiger partial charge in [0.05, 0.1) is 5.56 Å². The molecule has 5 rings (SSSR count). The number of rotatable bonds is 10. The number of halogens is 2. The zero-order valence-electron chi connectivity index (χ0n) is 25.6. The van der Waals surface area contributed by atoms with Gasteiger partial charge < -0.3 is 16.0 Å². The fourth-order valence-corrected chi connectivity index (χ4v) is 6.01. The third-order valence-electron chi connectivity index (χ3n) is 7.14. The molecule has 5 aromatic carbocycles. The lowest BCUT2D eigenvalue weighted by Crippen LogP contribution is -2.31. The van der Waals surface area contributed by atoms with Crippen molar-refractivity contribution in [3.8, 4) is 0 Å². The molecule has 0 aliphatic heterocycles. The summed E-state index contributed by atoms with van der Waals surface area (Å²) in [5.74, 6) is -2.19. The molecule has 0 spiro atoms. The van der Waals surface area contributed by atoms with Gasteiger partial charge in [-0.2, -0.15) is 0 Å². The summed E-state index contributed by atoms with van der Waals surface area (Å²) < 4.78 is 15.2. The standard InChI is InChI=1S/C38H31BrFN3O3S/c1-24-12-21-33(25(2)22-24)42-38(46)35(27-8-4-3-5-9-27)47-30-19-17-29(18-20-30)41-37(45)34(23-26-13-15-28(39)16-14-26)43-36(44)31-10-6-7-11-32(31)40/h3-23,35H,1-2H3,(H,41,45)(H,42,46)(H,43,44)/b34-23+. The van der Waals surface area contributed by atoms with Crippen LogP contribution in [0.25, 0.3) is 6.08 Å². The second kappa shape index (κ2) is 15.5. The van der Waals surface area contributed by atoms with Gasteiger partial charge >= 0.3 is 0 Å². The molecule has 0 heterocycles. The Hall–Kier alpha value is -4.99. The molecular weight excluding hydrogens is 677 g/mol. The summed E-state index contributed by atoms with van der Waals surface area (Å²) in [6.07, 6.45) is 1.52. The molecular formula is C38H31BrFN3O3S. The van der Waals surface area contributed by atoms with Gasteiger partial charge in [-0.25, -0.2) is 4.39 Å². The summed E-state index contributed by atoms with van der Waals surface area (Å²) >= 11 is 4.78. The van der Waals surface area contributed by atoms with Crippen LogP contribution < -0.4 is 16.0 Å². The van der Waals surface area contributed by atoms with E-state index in [0.717, 1.165) is 31.7 Å². The van der Waals surface area contributed by atoms with Crippen LogP contribution in [0.3, 0.4) is 0 Å². The summed E-state index contributed by atoms with van der Waals surface area (Å²) in [5, 5.41) is 7.91. The topological polar surface area (TPSA) is 87.3 Å². The monoisotopic (exact) mass is 707 g/mol. The van der Waals surface area contributed by atoms with Gasteiger partial charge in [-0.05, 0) is 91.2 Å². The molecule has 9 heteroatoms. The summed E-state index contributed by atoms with van der Waals surface area (Å²) in [4.78, 5) is 40.7. The van der Waals surface area contributed by atoms with Crippen LogP contribution in [0, 0.1) is 19.7 Å². The highest BCUT2D eigenvalue weighted by Gasteiger charge is 2.23. The number of nitrogens with one attached hydrogen (secondary N) is 3. The Bertz CT molecular complexity index is 1930. The molecule has 236 valence electrons. The number of thioether (sulfide) groups is 1. The van der Waals surface area contributed by atoms with Gasteiger partial charge in [-0.15, -0.1) is 11.8 Å². The largest absolute Gasteiger partial charge is 0.325 e. The molecule has 0 aliphatic carbocycles. The number of hydrogen-bond donors (Lipinski definition) is 3. The van der Waals surface area contributed by atoms with Crippen LogP contribution in [0.15, 0.2) is 136 Å². The van der Waals surface area contributed by atoms with Crippen molar-refractivity contribution in [3.05, 3.63) is 165 Å². The summed E-state index contributed by atoms with van der Waals surface area (Å²) in [6, 6.07) is 35.2. The van der Waals surface area contributed by atoms with E-state index < -0.39 is 22.9 Å². The SMILES string of the molecule is Cc1ccc(NC(=O)C(Sc2ccc(NC(=O)/C(=C\c3ccc(Br)cc3)NC(=O)c3ccccc3F)cc2)c2ccccc2)c(C)c1. The summed E-state index contributed by atoms with van der Waals surface area (Å²) in [6.45, 7) is 3.97. The molecule has 3 amide bonds. The smallest absolute Gasteiger partial charge is 0.272 e. The fraction of sp³-hybridized carbons (Fsp3) is 0.0789. The van der Waals surface area contributed by atoms with Crippen molar-refractivity contribution >= 4 is 62.9 Å². The molecule has 3 N–H and O–H groups in total. The number of anilines is 2. The lowest BCUT2D eigenvalue weighted by atomic mass is 10.1. The van der Waals surface area contributed by atoms with E-state index in [9.17, 15) is 18.8 Å². The summed E-state index contributed by atoms with van der Waals surface area (Å²) in [5.41, 5.74) is 4.59. The predicted octanol–water partition coefficient (Wildman–Crippen LogP) is 9.09. The number of hydrogen-bond acceptors (Lipinski definition) is 4. The first-order valence-electron chi connectivity index (χ1n) is 14.7. The first-order chi connectivity index (χ1) is 22.7. The van der Waals surface area contributed by atoms with Crippen molar-refractivity contribution in [2.45, 2.75) is 24.0 Å². The molecule has 0 saturated heterocycles. The lowest BCUT2D eigenvalue weighted by Gasteiger charge is -2.18. The van der Waals surface area contributed by atoms with Crippen molar-refractivity contribution in [1.82, 2.24) is 5.32 Å². The fourth-order valence-electron chi connectivity index (χ4n) is 4.72. The van der Waals surface area contributed by atoms with Gasteiger partial charge in [0.2, 0.25) is 5.91 Å². The van der Waals surface area contributed by atoms with Crippen LogP contribution in [0.2, 0.25) is 0 Å². The minimum absolute atomic E-state index is 0.0637. The number of carbonyl (C=O) groups excluding carboxylic acids is 3. The first kappa shape index (κ1) is 33.4. The number of benzene rings is 5. The van der Waals surface area contributed by atoms with E-state index in [1.54, 1.807) is 42.5 Å². The van der Waals surface area contributed by atoms with Gasteiger partial charge in [0.15, 0.2) is 0 Å². The third kappa shape index (κ3) is 9.06. The molecule has 1 unspecified atom stereocenters. The normalized spacial score (nSPS) is 11.8. The highest BCUT2D eigenvalue weighted by atomic mass is 79.9. The second-order valence-corrected chi connectivity index (χ2v) is 12.8. The van der Waals surface area contributed by atoms with Crippen molar-refractivity contribution in [3.63, 3.8) is 0 Å². The van der Waals surface area contributed by atoms with Gasteiger partial charge in [0, 0.05) is 20.7 Å². The van der Waals surface area contributed by atoms with Gasteiger partial charge in [0.1, 0.15) is 16.8 Å². The Morgan fingerprint density at radius 3 is 2.15 bits per heavy atom. The predicted molar refractivity (Wildman–Crippen MR) is 191 cm³/mol. The maximum Gasteiger partial charge on any atom is 0.272 e. The number of carbonyl (C=O) groups is 3. The minimum atomic E-state index is -0.751. The van der Waals surface area contributed by atoms with Crippen LogP contribution in [0.1, 0.15) is 37.9 Å². The van der Waals surface area contributed by atoms with E-state index in [-0.39, 0.29) is 17.2 Å². The Balaban J connectivity index is 1.34. The lowest BCUT2D eigenvalue weighted by molar-refractivity contribution is -0.116. The van der Waals surface area contributed by atoms with Crippen LogP contribution in [0.4, 0.5) is 15.8 Å². The van der Waals surface area contributed by atoms with E-state index in [1.807, 2.05) is 74.5 Å². The second-order valence-electron chi connectivity index (χ2n) is 10.7. The Kier molecular flexibility index (Phi) is 11.0. The molecule has 47 heavy (non-hydrogen) atoms. The van der Waals surface area contributed by atoms with Crippen molar-refractivity contribution < 1.29 is 18.8 Å². The zero-order chi connectivity index (χ0) is 33.3. The van der Waals surface area contributed by atoms with E-state index >= 15 is 0 Å². The van der Waals surface area contributed by atoms with E-state index in [4.69, 9.17) is 0 Å². The van der Waals surface area contributed by atoms with Crippen LogP contribution in [-0.2, 0) is 9.59 Å². The molecule has 0 saturated carbocycles. The van der Waals surface area contributed by atoms with E-state index in [2.05, 4.69) is 31.9 Å². The Morgan fingerprint density at radius 1 is 0.787 bits per heavy atom. The Morgan fingerprint density at radius 2 is 1.47 bits per heavy atom. The van der Waals surface area contributed by atoms with Gasteiger partial charge in [-0.1, -0.05) is 88.2 Å². The van der Waals surface area contributed by atoms with Crippen LogP contribution in [-0.4, -0.2) is 17.7 Å². The van der Waals surface area contributed by atoms with Crippen molar-refractivity contribution in [2.24, 2.45) is 0 Å². The minimum Gasteiger partial charge on any atom is -0.325 e. The molecule has 0 radical (unpaired) electrons. The average molecular weight is 709 g/mol. The Labute approximate surface area is 285 Å². The van der Waals surface area contributed by atoms with E-state index in [0.29, 0.717) is 11.3 Å². The quantitative estimate of drug-likeness (QED) is 0.0999. The maximum atomic E-state index is 14.3. The van der Waals surface area contributed by atoms with E-state index in [1.165, 1.54) is 36.0 Å². The highest BCUT2D eigenvalue weighted by molar-refractivity contribution is 9.10.